The lowest BCUT2D eigenvalue weighted by molar-refractivity contribution is 0.121. The van der Waals surface area contributed by atoms with Crippen LogP contribution in [0.15, 0.2) is 24.3 Å². The minimum Gasteiger partial charge on any atom is -0.495 e. The Bertz CT molecular complexity index is 905. The van der Waals surface area contributed by atoms with Gasteiger partial charge in [-0.15, -0.1) is 0 Å². The first kappa shape index (κ1) is 22.0. The minimum atomic E-state index is -0.352. The maximum Gasteiger partial charge on any atom is 0.229 e. The van der Waals surface area contributed by atoms with Crippen molar-refractivity contribution in [2.24, 2.45) is 0 Å². The topological polar surface area (TPSA) is 66.4 Å². The standard InChI is InChI=1S/C23H31FN6O3/c1-31-19-5-3-2-4-18(19)27-6-8-30(9-7-27)23-25-21(28-10-14-32-15-11-28)20(24)22(26-23)29-12-16-33-17-13-29/h2-5H,6-17H2,1H3. The summed E-state index contributed by atoms with van der Waals surface area (Å²) < 4.78 is 32.1. The summed E-state index contributed by atoms with van der Waals surface area (Å²) in [5.74, 6) is 1.84. The van der Waals surface area contributed by atoms with Crippen molar-refractivity contribution in [1.29, 1.82) is 0 Å². The third kappa shape index (κ3) is 4.63. The smallest absolute Gasteiger partial charge is 0.229 e. The number of piperazine rings is 1. The Morgan fingerprint density at radius 1 is 0.727 bits per heavy atom. The van der Waals surface area contributed by atoms with Crippen LogP contribution in [0.4, 0.5) is 27.7 Å². The molecule has 1 aromatic carbocycles. The summed E-state index contributed by atoms with van der Waals surface area (Å²) in [6.45, 7) is 7.88. The van der Waals surface area contributed by atoms with Gasteiger partial charge in [0.05, 0.1) is 39.2 Å². The van der Waals surface area contributed by atoms with E-state index in [-0.39, 0.29) is 5.82 Å². The predicted octanol–water partition coefficient (Wildman–Crippen LogP) is 1.62. The molecule has 1 aromatic heterocycles. The zero-order chi connectivity index (χ0) is 22.6. The Kier molecular flexibility index (Phi) is 6.63. The van der Waals surface area contributed by atoms with Crippen LogP contribution in [0.3, 0.4) is 0 Å². The van der Waals surface area contributed by atoms with Crippen molar-refractivity contribution in [2.45, 2.75) is 0 Å². The molecular formula is C23H31FN6O3. The van der Waals surface area contributed by atoms with Crippen molar-refractivity contribution in [1.82, 2.24) is 9.97 Å². The molecule has 3 saturated heterocycles. The quantitative estimate of drug-likeness (QED) is 0.665. The number of morpholine rings is 2. The number of para-hydroxylation sites is 2. The average molecular weight is 459 g/mol. The third-order valence-electron chi connectivity index (χ3n) is 6.41. The number of benzene rings is 1. The minimum absolute atomic E-state index is 0.352. The van der Waals surface area contributed by atoms with Crippen LogP contribution in [0, 0.1) is 5.82 Å². The molecule has 0 amide bonds. The molecule has 3 aliphatic heterocycles. The molecule has 178 valence electrons. The molecule has 10 heteroatoms. The summed E-state index contributed by atoms with van der Waals surface area (Å²) >= 11 is 0. The summed E-state index contributed by atoms with van der Waals surface area (Å²) in [4.78, 5) is 17.8. The molecule has 0 bridgehead atoms. The first-order valence-corrected chi connectivity index (χ1v) is 11.6. The Morgan fingerprint density at radius 2 is 1.24 bits per heavy atom. The lowest BCUT2D eigenvalue weighted by atomic mass is 10.2. The first-order chi connectivity index (χ1) is 16.2. The Morgan fingerprint density at radius 3 is 1.79 bits per heavy atom. The molecular weight excluding hydrogens is 427 g/mol. The van der Waals surface area contributed by atoms with Crippen molar-refractivity contribution in [3.05, 3.63) is 30.1 Å². The van der Waals surface area contributed by atoms with E-state index in [4.69, 9.17) is 24.2 Å². The van der Waals surface area contributed by atoms with Crippen LogP contribution < -0.4 is 24.3 Å². The fraction of sp³-hybridized carbons (Fsp3) is 0.565. The summed E-state index contributed by atoms with van der Waals surface area (Å²) in [5.41, 5.74) is 1.09. The molecule has 0 atom stereocenters. The van der Waals surface area contributed by atoms with Crippen molar-refractivity contribution in [2.75, 3.05) is 105 Å². The number of methoxy groups -OCH3 is 1. The van der Waals surface area contributed by atoms with E-state index >= 15 is 4.39 Å². The molecule has 9 nitrogen and oxygen atoms in total. The van der Waals surface area contributed by atoms with E-state index in [2.05, 4.69) is 15.9 Å². The Hall–Kier alpha value is -2.85. The predicted molar refractivity (Wildman–Crippen MR) is 125 cm³/mol. The van der Waals surface area contributed by atoms with Gasteiger partial charge in [0.1, 0.15) is 5.75 Å². The highest BCUT2D eigenvalue weighted by Gasteiger charge is 2.29. The van der Waals surface area contributed by atoms with Gasteiger partial charge in [0.15, 0.2) is 11.6 Å². The monoisotopic (exact) mass is 458 g/mol. The van der Waals surface area contributed by atoms with Gasteiger partial charge in [0.25, 0.3) is 0 Å². The van der Waals surface area contributed by atoms with Gasteiger partial charge in [0.2, 0.25) is 11.8 Å². The van der Waals surface area contributed by atoms with E-state index in [1.807, 2.05) is 28.0 Å². The van der Waals surface area contributed by atoms with Crippen LogP contribution in [-0.2, 0) is 9.47 Å². The molecule has 0 radical (unpaired) electrons. The summed E-state index contributed by atoms with van der Waals surface area (Å²) in [5, 5.41) is 0. The average Bonchev–Trinajstić information content (AvgIpc) is 2.90. The molecule has 0 saturated carbocycles. The second kappa shape index (κ2) is 9.96. The van der Waals surface area contributed by atoms with Crippen molar-refractivity contribution in [3.8, 4) is 5.75 Å². The van der Waals surface area contributed by atoms with Gasteiger partial charge in [0, 0.05) is 52.4 Å². The van der Waals surface area contributed by atoms with Crippen molar-refractivity contribution < 1.29 is 18.6 Å². The molecule has 5 rings (SSSR count). The highest BCUT2D eigenvalue weighted by atomic mass is 19.1. The van der Waals surface area contributed by atoms with Crippen LogP contribution in [0.1, 0.15) is 0 Å². The van der Waals surface area contributed by atoms with E-state index in [9.17, 15) is 0 Å². The molecule has 0 spiro atoms. The van der Waals surface area contributed by atoms with Gasteiger partial charge < -0.3 is 33.8 Å². The highest BCUT2D eigenvalue weighted by Crippen LogP contribution is 2.32. The van der Waals surface area contributed by atoms with E-state index < -0.39 is 0 Å². The van der Waals surface area contributed by atoms with E-state index in [1.54, 1.807) is 7.11 Å². The van der Waals surface area contributed by atoms with E-state index in [0.717, 1.165) is 37.6 Å². The molecule has 0 unspecified atom stereocenters. The van der Waals surface area contributed by atoms with Gasteiger partial charge >= 0.3 is 0 Å². The van der Waals surface area contributed by atoms with Gasteiger partial charge in [-0.05, 0) is 12.1 Å². The molecule has 0 N–H and O–H groups in total. The number of hydrogen-bond donors (Lipinski definition) is 0. The van der Waals surface area contributed by atoms with Crippen LogP contribution in [0.5, 0.6) is 5.75 Å². The third-order valence-corrected chi connectivity index (χ3v) is 6.41. The van der Waals surface area contributed by atoms with Crippen LogP contribution in [-0.4, -0.2) is 95.9 Å². The normalized spacial score (nSPS) is 19.7. The van der Waals surface area contributed by atoms with Crippen LogP contribution in [0.25, 0.3) is 0 Å². The van der Waals surface area contributed by atoms with Crippen LogP contribution in [0.2, 0.25) is 0 Å². The SMILES string of the molecule is COc1ccccc1N1CCN(c2nc(N3CCOCC3)c(F)c(N3CCOCC3)n2)CC1. The molecule has 4 heterocycles. The lowest BCUT2D eigenvalue weighted by Crippen LogP contribution is -2.48. The second-order valence-corrected chi connectivity index (χ2v) is 8.33. The number of halogens is 1. The fourth-order valence-corrected chi connectivity index (χ4v) is 4.56. The van der Waals surface area contributed by atoms with Crippen molar-refractivity contribution in [3.63, 3.8) is 0 Å². The number of anilines is 4. The zero-order valence-corrected chi connectivity index (χ0v) is 19.1. The summed E-state index contributed by atoms with van der Waals surface area (Å²) in [7, 11) is 1.70. The molecule has 3 fully saturated rings. The number of ether oxygens (including phenoxy) is 3. The molecule has 33 heavy (non-hydrogen) atoms. The molecule has 3 aliphatic rings. The van der Waals surface area contributed by atoms with Gasteiger partial charge in [-0.2, -0.15) is 14.4 Å². The highest BCUT2D eigenvalue weighted by molar-refractivity contribution is 5.61. The van der Waals surface area contributed by atoms with Gasteiger partial charge in [-0.1, -0.05) is 12.1 Å². The van der Waals surface area contributed by atoms with Gasteiger partial charge in [-0.25, -0.2) is 0 Å². The number of hydrogen-bond acceptors (Lipinski definition) is 9. The lowest BCUT2D eigenvalue weighted by Gasteiger charge is -2.38. The zero-order valence-electron chi connectivity index (χ0n) is 19.1. The maximum atomic E-state index is 15.6. The van der Waals surface area contributed by atoms with Crippen molar-refractivity contribution >= 4 is 23.3 Å². The molecule has 2 aromatic rings. The van der Waals surface area contributed by atoms with E-state index in [1.165, 1.54) is 0 Å². The summed E-state index contributed by atoms with van der Waals surface area (Å²) in [6, 6.07) is 8.06. The second-order valence-electron chi connectivity index (χ2n) is 8.33. The number of aromatic nitrogens is 2. The fourth-order valence-electron chi connectivity index (χ4n) is 4.56. The number of nitrogens with zero attached hydrogens (tertiary/aromatic N) is 6. The Balaban J connectivity index is 1.40. The van der Waals surface area contributed by atoms with E-state index in [0.29, 0.717) is 70.2 Å². The summed E-state index contributed by atoms with van der Waals surface area (Å²) in [6.07, 6.45) is 0. The van der Waals surface area contributed by atoms with Crippen LogP contribution >= 0.6 is 0 Å². The molecule has 0 aliphatic carbocycles. The number of rotatable bonds is 5. The van der Waals surface area contributed by atoms with Gasteiger partial charge in [-0.3, -0.25) is 0 Å². The first-order valence-electron chi connectivity index (χ1n) is 11.6. The largest absolute Gasteiger partial charge is 0.495 e. The Labute approximate surface area is 193 Å². The maximum absolute atomic E-state index is 15.6.